The van der Waals surface area contributed by atoms with Crippen molar-refractivity contribution < 1.29 is 0 Å². The Kier molecular flexibility index (Phi) is 3.91. The molecular weight excluding hydrogens is 340 g/mol. The number of aromatic amines is 1. The van der Waals surface area contributed by atoms with Gasteiger partial charge in [-0.2, -0.15) is 0 Å². The van der Waals surface area contributed by atoms with Gasteiger partial charge in [0, 0.05) is 38.3 Å². The summed E-state index contributed by atoms with van der Waals surface area (Å²) in [4.78, 5) is 3.56. The minimum Gasteiger partial charge on any atom is -0.354 e. The summed E-state index contributed by atoms with van der Waals surface area (Å²) in [5.74, 6) is 0. The van der Waals surface area contributed by atoms with Crippen molar-refractivity contribution in [2.75, 3.05) is 0 Å². The highest BCUT2D eigenvalue weighted by molar-refractivity contribution is 6.10. The molecule has 6 aromatic rings. The molecule has 4 aromatic carbocycles. The maximum Gasteiger partial charge on any atom is 0.0541 e. The minimum absolute atomic E-state index is 1.17. The van der Waals surface area contributed by atoms with Crippen molar-refractivity contribution >= 4 is 43.6 Å². The van der Waals surface area contributed by atoms with E-state index >= 15 is 0 Å². The number of nitrogens with zero attached hydrogens (tertiary/aromatic N) is 1. The standard InChI is InChI=1S/C24H16N2.C2H6/c1-4-10-21-17(7-1)18-14-13-16(15-22(18)25-21)26-23-11-5-2-8-19(23)20-9-3-6-12-24(20)26;1-2/h1-15,25H;1-2H3. The highest BCUT2D eigenvalue weighted by atomic mass is 15.0. The fourth-order valence-corrected chi connectivity index (χ4v) is 4.18. The number of benzene rings is 4. The molecule has 0 spiro atoms. The average molecular weight is 362 g/mol. The van der Waals surface area contributed by atoms with Crippen LogP contribution < -0.4 is 0 Å². The molecule has 0 amide bonds. The number of H-pyrrole nitrogens is 1. The quantitative estimate of drug-likeness (QED) is 0.314. The van der Waals surface area contributed by atoms with Gasteiger partial charge in [0.05, 0.1) is 11.0 Å². The van der Waals surface area contributed by atoms with Crippen molar-refractivity contribution in [1.82, 2.24) is 9.55 Å². The van der Waals surface area contributed by atoms with E-state index in [9.17, 15) is 0 Å². The first-order valence-corrected chi connectivity index (χ1v) is 9.89. The molecule has 2 nitrogen and oxygen atoms in total. The van der Waals surface area contributed by atoms with Gasteiger partial charge in [-0.25, -0.2) is 0 Å². The summed E-state index contributed by atoms with van der Waals surface area (Å²) < 4.78 is 2.36. The minimum atomic E-state index is 1.17. The second kappa shape index (κ2) is 6.58. The smallest absolute Gasteiger partial charge is 0.0541 e. The lowest BCUT2D eigenvalue weighted by atomic mass is 10.1. The van der Waals surface area contributed by atoms with Crippen LogP contribution >= 0.6 is 0 Å². The maximum atomic E-state index is 3.56. The van der Waals surface area contributed by atoms with Gasteiger partial charge in [0.25, 0.3) is 0 Å². The Morgan fingerprint density at radius 2 is 1.07 bits per heavy atom. The van der Waals surface area contributed by atoms with E-state index in [2.05, 4.69) is 101 Å². The van der Waals surface area contributed by atoms with Crippen molar-refractivity contribution in [2.24, 2.45) is 0 Å². The van der Waals surface area contributed by atoms with Crippen LogP contribution in [0, 0.1) is 0 Å². The van der Waals surface area contributed by atoms with Crippen molar-refractivity contribution in [3.63, 3.8) is 0 Å². The van der Waals surface area contributed by atoms with E-state index < -0.39 is 0 Å². The summed E-state index contributed by atoms with van der Waals surface area (Å²) >= 11 is 0. The summed E-state index contributed by atoms with van der Waals surface area (Å²) in [7, 11) is 0. The third-order valence-electron chi connectivity index (χ3n) is 5.33. The van der Waals surface area contributed by atoms with Gasteiger partial charge in [-0.05, 0) is 30.3 Å². The van der Waals surface area contributed by atoms with E-state index in [1.165, 1.54) is 49.3 Å². The summed E-state index contributed by atoms with van der Waals surface area (Å²) in [6, 6.07) is 32.4. The molecule has 0 aliphatic carbocycles. The molecule has 0 saturated carbocycles. The molecule has 0 bridgehead atoms. The number of para-hydroxylation sites is 3. The molecule has 28 heavy (non-hydrogen) atoms. The van der Waals surface area contributed by atoms with Crippen LogP contribution in [0.5, 0.6) is 0 Å². The molecule has 0 fully saturated rings. The van der Waals surface area contributed by atoms with E-state index in [0.717, 1.165) is 0 Å². The van der Waals surface area contributed by atoms with Crippen LogP contribution in [0.4, 0.5) is 0 Å². The van der Waals surface area contributed by atoms with Crippen LogP contribution in [-0.4, -0.2) is 9.55 Å². The van der Waals surface area contributed by atoms with Gasteiger partial charge in [0.1, 0.15) is 0 Å². The molecule has 0 radical (unpaired) electrons. The molecule has 0 unspecified atom stereocenters. The fraction of sp³-hybridized carbons (Fsp3) is 0.0769. The molecule has 1 N–H and O–H groups in total. The van der Waals surface area contributed by atoms with E-state index in [1.54, 1.807) is 0 Å². The maximum absolute atomic E-state index is 3.56. The molecule has 0 aliphatic heterocycles. The molecule has 0 saturated heterocycles. The van der Waals surface area contributed by atoms with Crippen LogP contribution in [0.1, 0.15) is 13.8 Å². The van der Waals surface area contributed by atoms with Gasteiger partial charge in [-0.1, -0.05) is 74.5 Å². The summed E-state index contributed by atoms with van der Waals surface area (Å²) in [5, 5.41) is 5.13. The van der Waals surface area contributed by atoms with E-state index in [4.69, 9.17) is 0 Å². The highest BCUT2D eigenvalue weighted by Gasteiger charge is 2.12. The zero-order chi connectivity index (χ0) is 19.1. The predicted molar refractivity (Wildman–Crippen MR) is 121 cm³/mol. The number of hydrogen-bond donors (Lipinski definition) is 1. The average Bonchev–Trinajstić information content (AvgIpc) is 3.30. The van der Waals surface area contributed by atoms with Gasteiger partial charge in [0.2, 0.25) is 0 Å². The molecule has 2 aromatic heterocycles. The number of aromatic nitrogens is 2. The Balaban J connectivity index is 0.000000829. The third kappa shape index (κ3) is 2.35. The monoisotopic (exact) mass is 362 g/mol. The van der Waals surface area contributed by atoms with E-state index in [0.29, 0.717) is 0 Å². The second-order valence-corrected chi connectivity index (χ2v) is 6.77. The van der Waals surface area contributed by atoms with Gasteiger partial charge in [-0.15, -0.1) is 0 Å². The SMILES string of the molecule is CC.c1ccc2c(c1)[nH]c1cc(-n3c4ccccc4c4ccccc43)ccc12. The van der Waals surface area contributed by atoms with Gasteiger partial charge in [0.15, 0.2) is 0 Å². The first-order chi connectivity index (χ1) is 13.9. The van der Waals surface area contributed by atoms with Crippen LogP contribution in [0.25, 0.3) is 49.3 Å². The van der Waals surface area contributed by atoms with E-state index in [1.807, 2.05) is 13.8 Å². The number of rotatable bonds is 1. The van der Waals surface area contributed by atoms with Crippen LogP contribution in [0.3, 0.4) is 0 Å². The Bertz CT molecular complexity index is 1380. The van der Waals surface area contributed by atoms with Gasteiger partial charge in [-0.3, -0.25) is 0 Å². The van der Waals surface area contributed by atoms with E-state index in [-0.39, 0.29) is 0 Å². The topological polar surface area (TPSA) is 20.7 Å². The first-order valence-electron chi connectivity index (χ1n) is 9.89. The first kappa shape index (κ1) is 16.6. The molecule has 136 valence electrons. The molecule has 2 heterocycles. The van der Waals surface area contributed by atoms with Crippen LogP contribution in [-0.2, 0) is 0 Å². The Morgan fingerprint density at radius 1 is 0.536 bits per heavy atom. The molecule has 2 heteroatoms. The van der Waals surface area contributed by atoms with Gasteiger partial charge >= 0.3 is 0 Å². The lowest BCUT2D eigenvalue weighted by Crippen LogP contribution is -1.93. The predicted octanol–water partition coefficient (Wildman–Crippen LogP) is 7.44. The molecule has 0 atom stereocenters. The number of hydrogen-bond acceptors (Lipinski definition) is 0. The second-order valence-electron chi connectivity index (χ2n) is 6.77. The summed E-state index contributed by atoms with van der Waals surface area (Å²) in [6.45, 7) is 4.00. The molecular formula is C26H22N2. The Morgan fingerprint density at radius 3 is 1.75 bits per heavy atom. The number of fused-ring (bicyclic) bond motifs is 6. The van der Waals surface area contributed by atoms with Crippen LogP contribution in [0.15, 0.2) is 91.0 Å². The lowest BCUT2D eigenvalue weighted by molar-refractivity contribution is 1.18. The van der Waals surface area contributed by atoms with Crippen molar-refractivity contribution in [3.8, 4) is 5.69 Å². The van der Waals surface area contributed by atoms with Crippen molar-refractivity contribution in [2.45, 2.75) is 13.8 Å². The Hall–Kier alpha value is -3.52. The van der Waals surface area contributed by atoms with Gasteiger partial charge < -0.3 is 9.55 Å². The van der Waals surface area contributed by atoms with Crippen molar-refractivity contribution in [1.29, 1.82) is 0 Å². The number of nitrogens with one attached hydrogen (secondary N) is 1. The van der Waals surface area contributed by atoms with Crippen molar-refractivity contribution in [3.05, 3.63) is 91.0 Å². The lowest BCUT2D eigenvalue weighted by Gasteiger charge is -2.08. The summed E-state index contributed by atoms with van der Waals surface area (Å²) in [5.41, 5.74) is 6.02. The fourth-order valence-electron chi connectivity index (χ4n) is 4.18. The highest BCUT2D eigenvalue weighted by Crippen LogP contribution is 2.33. The zero-order valence-corrected chi connectivity index (χ0v) is 16.1. The summed E-state index contributed by atoms with van der Waals surface area (Å²) in [6.07, 6.45) is 0. The normalized spacial score (nSPS) is 11.2. The molecule has 6 rings (SSSR count). The van der Waals surface area contributed by atoms with Crippen LogP contribution in [0.2, 0.25) is 0 Å². The zero-order valence-electron chi connectivity index (χ0n) is 16.1. The largest absolute Gasteiger partial charge is 0.354 e. The Labute approximate surface area is 164 Å². The third-order valence-corrected chi connectivity index (χ3v) is 5.33. The molecule has 0 aliphatic rings.